The third-order valence-electron chi connectivity index (χ3n) is 5.80. The summed E-state index contributed by atoms with van der Waals surface area (Å²) in [4.78, 5) is 39.5. The van der Waals surface area contributed by atoms with Crippen molar-refractivity contribution < 1.29 is 14.4 Å². The fraction of sp³-hybridized carbons (Fsp3) is 0.0938. The van der Waals surface area contributed by atoms with Crippen molar-refractivity contribution in [2.45, 2.75) is 24.0 Å². The topological polar surface area (TPSA) is 87.3 Å². The molecule has 4 aromatic rings. The number of aryl methyl sites for hydroxylation is 1. The Morgan fingerprint density at radius 1 is 0.800 bits per heavy atom. The van der Waals surface area contributed by atoms with Crippen molar-refractivity contribution in [1.29, 1.82) is 0 Å². The van der Waals surface area contributed by atoms with Crippen LogP contribution in [0.1, 0.15) is 28.4 Å². The van der Waals surface area contributed by atoms with Crippen molar-refractivity contribution in [2.24, 2.45) is 0 Å². The molecule has 0 spiro atoms. The molecular formula is C32H28ClN3O3S. The number of carbonyl (C=O) groups is 3. The SMILES string of the molecule is Cc1ccc(/C=C(\NC(=O)c2ccccc2)C(=O)Nc2ccc(SC(C)C(=O)Nc3cccc(Cl)c3)cc2)cc1. The van der Waals surface area contributed by atoms with Crippen LogP contribution in [-0.2, 0) is 9.59 Å². The van der Waals surface area contributed by atoms with Crippen LogP contribution in [0.25, 0.3) is 6.08 Å². The molecule has 1 atom stereocenters. The van der Waals surface area contributed by atoms with Crippen LogP contribution in [0.15, 0.2) is 114 Å². The number of rotatable bonds is 9. The van der Waals surface area contributed by atoms with Gasteiger partial charge < -0.3 is 16.0 Å². The van der Waals surface area contributed by atoms with E-state index in [0.29, 0.717) is 22.0 Å². The molecule has 0 bridgehead atoms. The monoisotopic (exact) mass is 569 g/mol. The van der Waals surface area contributed by atoms with E-state index >= 15 is 0 Å². The maximum absolute atomic E-state index is 13.2. The fourth-order valence-electron chi connectivity index (χ4n) is 3.65. The van der Waals surface area contributed by atoms with Crippen LogP contribution in [0, 0.1) is 6.92 Å². The van der Waals surface area contributed by atoms with Gasteiger partial charge in [0.2, 0.25) is 5.91 Å². The van der Waals surface area contributed by atoms with Crippen molar-refractivity contribution in [2.75, 3.05) is 10.6 Å². The van der Waals surface area contributed by atoms with Gasteiger partial charge in [0.25, 0.3) is 11.8 Å². The summed E-state index contributed by atoms with van der Waals surface area (Å²) < 4.78 is 0. The fourth-order valence-corrected chi connectivity index (χ4v) is 4.71. The van der Waals surface area contributed by atoms with Crippen LogP contribution in [0.3, 0.4) is 0 Å². The molecule has 1 unspecified atom stereocenters. The first kappa shape index (κ1) is 28.7. The highest BCUT2D eigenvalue weighted by Gasteiger charge is 2.17. The Balaban J connectivity index is 1.42. The van der Waals surface area contributed by atoms with Crippen LogP contribution >= 0.6 is 23.4 Å². The van der Waals surface area contributed by atoms with Gasteiger partial charge in [-0.2, -0.15) is 0 Å². The number of nitrogens with one attached hydrogen (secondary N) is 3. The second-order valence-electron chi connectivity index (χ2n) is 9.03. The molecule has 0 fully saturated rings. The normalized spacial score (nSPS) is 11.8. The molecule has 0 aliphatic rings. The largest absolute Gasteiger partial charge is 0.325 e. The van der Waals surface area contributed by atoms with Gasteiger partial charge in [0.1, 0.15) is 5.70 Å². The zero-order valence-electron chi connectivity index (χ0n) is 22.0. The van der Waals surface area contributed by atoms with Crippen LogP contribution in [0.4, 0.5) is 11.4 Å². The Kier molecular flexibility index (Phi) is 9.78. The van der Waals surface area contributed by atoms with Gasteiger partial charge in [0, 0.05) is 26.9 Å². The first-order valence-electron chi connectivity index (χ1n) is 12.6. The Morgan fingerprint density at radius 3 is 2.17 bits per heavy atom. The van der Waals surface area contributed by atoms with Crippen molar-refractivity contribution in [1.82, 2.24) is 5.32 Å². The lowest BCUT2D eigenvalue weighted by atomic mass is 10.1. The molecule has 0 saturated heterocycles. The van der Waals surface area contributed by atoms with Gasteiger partial charge in [0.05, 0.1) is 5.25 Å². The molecule has 4 rings (SSSR count). The molecule has 0 aliphatic heterocycles. The van der Waals surface area contributed by atoms with Crippen LogP contribution in [0.5, 0.6) is 0 Å². The van der Waals surface area contributed by atoms with E-state index in [2.05, 4.69) is 16.0 Å². The van der Waals surface area contributed by atoms with Crippen LogP contribution < -0.4 is 16.0 Å². The lowest BCUT2D eigenvalue weighted by Gasteiger charge is -2.14. The Bertz CT molecular complexity index is 1520. The molecule has 6 nitrogen and oxygen atoms in total. The van der Waals surface area contributed by atoms with Gasteiger partial charge in [-0.1, -0.05) is 65.7 Å². The quantitative estimate of drug-likeness (QED) is 0.147. The molecule has 0 aromatic heterocycles. The van der Waals surface area contributed by atoms with Gasteiger partial charge >= 0.3 is 0 Å². The third kappa shape index (κ3) is 8.33. The number of thioether (sulfide) groups is 1. The molecule has 3 N–H and O–H groups in total. The lowest BCUT2D eigenvalue weighted by Crippen LogP contribution is -2.30. The zero-order valence-corrected chi connectivity index (χ0v) is 23.6. The lowest BCUT2D eigenvalue weighted by molar-refractivity contribution is -0.115. The number of hydrogen-bond acceptors (Lipinski definition) is 4. The molecule has 0 aliphatic carbocycles. The minimum Gasteiger partial charge on any atom is -0.325 e. The second kappa shape index (κ2) is 13.6. The summed E-state index contributed by atoms with van der Waals surface area (Å²) in [7, 11) is 0. The number of carbonyl (C=O) groups excluding carboxylic acids is 3. The number of amides is 3. The Morgan fingerprint density at radius 2 is 1.50 bits per heavy atom. The van der Waals surface area contributed by atoms with Crippen molar-refractivity contribution in [3.8, 4) is 0 Å². The zero-order chi connectivity index (χ0) is 28.5. The molecule has 3 amide bonds. The van der Waals surface area contributed by atoms with E-state index in [0.717, 1.165) is 16.0 Å². The minimum absolute atomic E-state index is 0.113. The highest BCUT2D eigenvalue weighted by atomic mass is 35.5. The molecule has 0 radical (unpaired) electrons. The predicted molar refractivity (Wildman–Crippen MR) is 164 cm³/mol. The Labute approximate surface area is 242 Å². The third-order valence-corrected chi connectivity index (χ3v) is 7.15. The van der Waals surface area contributed by atoms with Gasteiger partial charge in [-0.05, 0) is 80.1 Å². The predicted octanol–water partition coefficient (Wildman–Crippen LogP) is 7.18. The minimum atomic E-state index is -0.459. The summed E-state index contributed by atoms with van der Waals surface area (Å²) in [5, 5.41) is 8.64. The first-order chi connectivity index (χ1) is 19.3. The van der Waals surface area contributed by atoms with Crippen LogP contribution in [0.2, 0.25) is 5.02 Å². The summed E-state index contributed by atoms with van der Waals surface area (Å²) in [5.74, 6) is -0.991. The highest BCUT2D eigenvalue weighted by molar-refractivity contribution is 8.00. The van der Waals surface area contributed by atoms with E-state index in [4.69, 9.17) is 11.6 Å². The van der Waals surface area contributed by atoms with Gasteiger partial charge in [0.15, 0.2) is 0 Å². The van der Waals surface area contributed by atoms with Crippen LogP contribution in [-0.4, -0.2) is 23.0 Å². The van der Waals surface area contributed by atoms with E-state index in [1.54, 1.807) is 66.7 Å². The smallest absolute Gasteiger partial charge is 0.272 e. The van der Waals surface area contributed by atoms with Gasteiger partial charge in [-0.15, -0.1) is 11.8 Å². The summed E-state index contributed by atoms with van der Waals surface area (Å²) in [6.07, 6.45) is 1.64. The maximum atomic E-state index is 13.2. The molecular weight excluding hydrogens is 542 g/mol. The van der Waals surface area contributed by atoms with E-state index < -0.39 is 5.91 Å². The van der Waals surface area contributed by atoms with Crippen molar-refractivity contribution in [3.05, 3.63) is 131 Å². The number of halogens is 1. The van der Waals surface area contributed by atoms with E-state index in [-0.39, 0.29) is 22.8 Å². The standard InChI is InChI=1S/C32H28ClN3O3S/c1-21-11-13-23(14-12-21)19-29(36-31(38)24-7-4-3-5-8-24)32(39)34-26-15-17-28(18-16-26)40-22(2)30(37)35-27-10-6-9-25(33)20-27/h3-20,22H,1-2H3,(H,34,39)(H,35,37)(H,36,38)/b29-19-. The number of hydrogen-bond donors (Lipinski definition) is 3. The van der Waals surface area contributed by atoms with E-state index in [1.807, 2.05) is 56.3 Å². The highest BCUT2D eigenvalue weighted by Crippen LogP contribution is 2.26. The van der Waals surface area contributed by atoms with Gasteiger partial charge in [-0.25, -0.2) is 0 Å². The molecule has 40 heavy (non-hydrogen) atoms. The molecule has 0 saturated carbocycles. The molecule has 8 heteroatoms. The number of anilines is 2. The summed E-state index contributed by atoms with van der Waals surface area (Å²) in [6, 6.07) is 30.5. The molecule has 0 heterocycles. The van der Waals surface area contributed by atoms with Crippen molar-refractivity contribution in [3.63, 3.8) is 0 Å². The Hall–Kier alpha value is -4.33. The maximum Gasteiger partial charge on any atom is 0.272 e. The van der Waals surface area contributed by atoms with E-state index in [1.165, 1.54) is 11.8 Å². The number of benzene rings is 4. The van der Waals surface area contributed by atoms with Gasteiger partial charge in [-0.3, -0.25) is 14.4 Å². The first-order valence-corrected chi connectivity index (χ1v) is 13.8. The van der Waals surface area contributed by atoms with Crippen molar-refractivity contribution >= 4 is 58.5 Å². The second-order valence-corrected chi connectivity index (χ2v) is 10.9. The summed E-state index contributed by atoms with van der Waals surface area (Å²) in [5.41, 5.74) is 3.61. The summed E-state index contributed by atoms with van der Waals surface area (Å²) >= 11 is 7.39. The average Bonchev–Trinajstić information content (AvgIpc) is 2.95. The summed E-state index contributed by atoms with van der Waals surface area (Å²) in [6.45, 7) is 3.80. The van der Waals surface area contributed by atoms with E-state index in [9.17, 15) is 14.4 Å². The molecule has 202 valence electrons. The molecule has 4 aromatic carbocycles. The average molecular weight is 570 g/mol.